The van der Waals surface area contributed by atoms with E-state index in [9.17, 15) is 9.18 Å². The van der Waals surface area contributed by atoms with E-state index in [0.717, 1.165) is 16.7 Å². The van der Waals surface area contributed by atoms with Crippen LogP contribution in [0.2, 0.25) is 0 Å². The van der Waals surface area contributed by atoms with Gasteiger partial charge >= 0.3 is 13.2 Å². The molecule has 1 amide bonds. The maximum absolute atomic E-state index is 14.3. The third kappa shape index (κ3) is 5.26. The lowest BCUT2D eigenvalue weighted by molar-refractivity contribution is 0.00578. The van der Waals surface area contributed by atoms with Crippen molar-refractivity contribution in [3.05, 3.63) is 99.8 Å². The second kappa shape index (κ2) is 10.3. The molecule has 1 aliphatic heterocycles. The SMILES string of the molecule is Cc1cc(C=C(CNC(=O)OCC2c3ccccc3-c3ccccc32)B2OC(C)(C)C(C)(C)O2)cc(C)c1F. The maximum atomic E-state index is 14.3. The van der Waals surface area contributed by atoms with Gasteiger partial charge in [0.2, 0.25) is 0 Å². The minimum Gasteiger partial charge on any atom is -0.449 e. The summed E-state index contributed by atoms with van der Waals surface area (Å²) in [5.74, 6) is -0.243. The van der Waals surface area contributed by atoms with Gasteiger partial charge in [-0.05, 0) is 98.1 Å². The molecule has 0 bridgehead atoms. The second-order valence-corrected chi connectivity index (χ2v) is 11.5. The Morgan fingerprint density at radius 1 is 0.949 bits per heavy atom. The fourth-order valence-electron chi connectivity index (χ4n) is 5.30. The number of alkyl carbamates (subject to hydrolysis) is 1. The summed E-state index contributed by atoms with van der Waals surface area (Å²) in [6.07, 6.45) is 1.37. The summed E-state index contributed by atoms with van der Waals surface area (Å²) in [5.41, 5.74) is 6.22. The molecule has 0 spiro atoms. The van der Waals surface area contributed by atoms with Crippen molar-refractivity contribution in [2.45, 2.75) is 58.7 Å². The Morgan fingerprint density at radius 2 is 1.46 bits per heavy atom. The third-order valence-corrected chi connectivity index (χ3v) is 8.15. The van der Waals surface area contributed by atoms with Crippen molar-refractivity contribution in [3.63, 3.8) is 0 Å². The number of hydrogen-bond acceptors (Lipinski definition) is 4. The van der Waals surface area contributed by atoms with Crippen LogP contribution in [0.15, 0.2) is 66.1 Å². The zero-order valence-electron chi connectivity index (χ0n) is 23.4. The molecular weight excluding hydrogens is 492 g/mol. The van der Waals surface area contributed by atoms with Crippen LogP contribution in [-0.4, -0.2) is 37.6 Å². The van der Waals surface area contributed by atoms with Gasteiger partial charge in [-0.2, -0.15) is 0 Å². The number of nitrogens with one attached hydrogen (secondary N) is 1. The average molecular weight is 527 g/mol. The van der Waals surface area contributed by atoms with Gasteiger partial charge in [0.1, 0.15) is 12.4 Å². The molecule has 0 aromatic heterocycles. The summed E-state index contributed by atoms with van der Waals surface area (Å²) in [6.45, 7) is 11.8. The molecule has 3 aromatic rings. The second-order valence-electron chi connectivity index (χ2n) is 11.5. The molecular formula is C32H35BFNO4. The molecule has 2 aliphatic rings. The summed E-state index contributed by atoms with van der Waals surface area (Å²) in [6, 6.07) is 20.0. The van der Waals surface area contributed by atoms with Crippen molar-refractivity contribution >= 4 is 19.3 Å². The van der Waals surface area contributed by atoms with Gasteiger partial charge in [0.25, 0.3) is 0 Å². The lowest BCUT2D eigenvalue weighted by atomic mass is 9.77. The van der Waals surface area contributed by atoms with E-state index in [0.29, 0.717) is 16.6 Å². The molecule has 0 atom stereocenters. The smallest absolute Gasteiger partial charge is 0.449 e. The Labute approximate surface area is 230 Å². The van der Waals surface area contributed by atoms with E-state index in [1.54, 1.807) is 26.0 Å². The van der Waals surface area contributed by atoms with Gasteiger partial charge in [0.05, 0.1) is 11.2 Å². The van der Waals surface area contributed by atoms with Gasteiger partial charge < -0.3 is 19.4 Å². The first-order valence-electron chi connectivity index (χ1n) is 13.4. The van der Waals surface area contributed by atoms with Crippen molar-refractivity contribution in [2.24, 2.45) is 0 Å². The molecule has 5 nitrogen and oxygen atoms in total. The van der Waals surface area contributed by atoms with E-state index in [-0.39, 0.29) is 24.9 Å². The lowest BCUT2D eigenvalue weighted by Gasteiger charge is -2.32. The van der Waals surface area contributed by atoms with E-state index in [2.05, 4.69) is 29.6 Å². The number of carbonyl (C=O) groups excluding carboxylic acids is 1. The van der Waals surface area contributed by atoms with Crippen LogP contribution < -0.4 is 5.32 Å². The fourth-order valence-corrected chi connectivity index (χ4v) is 5.30. The van der Waals surface area contributed by atoms with Gasteiger partial charge in [0.15, 0.2) is 0 Å². The molecule has 39 heavy (non-hydrogen) atoms. The van der Waals surface area contributed by atoms with Crippen LogP contribution in [0, 0.1) is 19.7 Å². The molecule has 7 heteroatoms. The van der Waals surface area contributed by atoms with Crippen molar-refractivity contribution in [3.8, 4) is 11.1 Å². The van der Waals surface area contributed by atoms with Crippen LogP contribution in [0.1, 0.15) is 61.4 Å². The fraction of sp³-hybridized carbons (Fsp3) is 0.344. The van der Waals surface area contributed by atoms with Crippen molar-refractivity contribution in [1.29, 1.82) is 0 Å². The van der Waals surface area contributed by atoms with E-state index < -0.39 is 24.4 Å². The van der Waals surface area contributed by atoms with Gasteiger partial charge in [-0.25, -0.2) is 9.18 Å². The Kier molecular flexibility index (Phi) is 7.16. The molecule has 1 aliphatic carbocycles. The highest BCUT2D eigenvalue weighted by Gasteiger charge is 2.52. The van der Waals surface area contributed by atoms with E-state index in [1.165, 1.54) is 11.1 Å². The van der Waals surface area contributed by atoms with Crippen molar-refractivity contribution < 1.29 is 23.2 Å². The Morgan fingerprint density at radius 3 is 2.00 bits per heavy atom. The van der Waals surface area contributed by atoms with Crippen LogP contribution in [0.5, 0.6) is 0 Å². The highest BCUT2D eigenvalue weighted by molar-refractivity contribution is 6.56. The van der Waals surface area contributed by atoms with Crippen LogP contribution in [0.3, 0.4) is 0 Å². The number of rotatable bonds is 6. The topological polar surface area (TPSA) is 56.8 Å². The lowest BCUT2D eigenvalue weighted by Crippen LogP contribution is -2.41. The summed E-state index contributed by atoms with van der Waals surface area (Å²) in [7, 11) is -0.672. The molecule has 1 saturated heterocycles. The summed E-state index contributed by atoms with van der Waals surface area (Å²) >= 11 is 0. The third-order valence-electron chi connectivity index (χ3n) is 8.15. The van der Waals surface area contributed by atoms with Gasteiger partial charge in [0, 0.05) is 12.5 Å². The molecule has 1 N–H and O–H groups in total. The standard InChI is InChI=1S/C32H35BFNO4/c1-20-15-22(16-21(2)29(20)34)17-23(33-38-31(3,4)32(5,6)39-33)18-35-30(36)37-19-28-26-13-9-7-11-24(26)25-12-8-10-14-27(25)28/h7-17,28H,18-19H2,1-6H3,(H,35,36). The van der Waals surface area contributed by atoms with Crippen LogP contribution >= 0.6 is 0 Å². The minimum atomic E-state index is -0.672. The van der Waals surface area contributed by atoms with Crippen LogP contribution in [0.25, 0.3) is 17.2 Å². The number of ether oxygens (including phenoxy) is 1. The van der Waals surface area contributed by atoms with Crippen LogP contribution in [0.4, 0.5) is 9.18 Å². The molecule has 0 unspecified atom stereocenters. The minimum absolute atomic E-state index is 0.0218. The largest absolute Gasteiger partial charge is 0.492 e. The van der Waals surface area contributed by atoms with Crippen LogP contribution in [-0.2, 0) is 14.0 Å². The zero-order chi connectivity index (χ0) is 27.9. The zero-order valence-corrected chi connectivity index (χ0v) is 23.4. The molecule has 5 rings (SSSR count). The normalized spacial score (nSPS) is 17.6. The predicted octanol–water partition coefficient (Wildman–Crippen LogP) is 7.00. The van der Waals surface area contributed by atoms with Gasteiger partial charge in [-0.1, -0.05) is 54.6 Å². The molecule has 0 radical (unpaired) electrons. The van der Waals surface area contributed by atoms with Crippen molar-refractivity contribution in [1.82, 2.24) is 5.32 Å². The van der Waals surface area contributed by atoms with E-state index >= 15 is 0 Å². The Bertz CT molecular complexity index is 1360. The Balaban J connectivity index is 1.32. The highest BCUT2D eigenvalue weighted by Crippen LogP contribution is 2.44. The summed E-state index contributed by atoms with van der Waals surface area (Å²) < 4.78 is 32.5. The molecule has 0 saturated carbocycles. The first-order valence-corrected chi connectivity index (χ1v) is 13.4. The predicted molar refractivity (Wildman–Crippen MR) is 153 cm³/mol. The number of fused-ring (bicyclic) bond motifs is 3. The van der Waals surface area contributed by atoms with Gasteiger partial charge in [-0.3, -0.25) is 0 Å². The van der Waals surface area contributed by atoms with Gasteiger partial charge in [-0.15, -0.1) is 0 Å². The van der Waals surface area contributed by atoms with Crippen molar-refractivity contribution in [2.75, 3.05) is 13.2 Å². The number of halogens is 1. The monoisotopic (exact) mass is 527 g/mol. The number of carbonyl (C=O) groups is 1. The number of benzene rings is 3. The number of hydrogen-bond donors (Lipinski definition) is 1. The average Bonchev–Trinajstić information content (AvgIpc) is 3.32. The van der Waals surface area contributed by atoms with E-state index in [4.69, 9.17) is 14.0 Å². The Hall–Kier alpha value is -3.42. The molecule has 202 valence electrons. The number of amides is 1. The summed E-state index contributed by atoms with van der Waals surface area (Å²) in [5, 5.41) is 2.88. The first kappa shape index (κ1) is 27.2. The van der Waals surface area contributed by atoms with E-state index in [1.807, 2.05) is 58.0 Å². The maximum Gasteiger partial charge on any atom is 0.492 e. The quantitative estimate of drug-likeness (QED) is 0.351. The molecule has 1 fully saturated rings. The summed E-state index contributed by atoms with van der Waals surface area (Å²) in [4.78, 5) is 12.9. The molecule has 3 aromatic carbocycles. The first-order chi connectivity index (χ1) is 18.5. The molecule has 1 heterocycles. The highest BCUT2D eigenvalue weighted by atomic mass is 19.1. The number of aryl methyl sites for hydroxylation is 2.